The first-order valence-electron chi connectivity index (χ1n) is 8.25. The van der Waals surface area contributed by atoms with Crippen molar-refractivity contribution >= 4 is 0 Å². The van der Waals surface area contributed by atoms with Gasteiger partial charge in [0.25, 0.3) is 0 Å². The first-order valence-corrected chi connectivity index (χ1v) is 8.25. The van der Waals surface area contributed by atoms with E-state index >= 15 is 0 Å². The van der Waals surface area contributed by atoms with E-state index in [9.17, 15) is 0 Å². The van der Waals surface area contributed by atoms with Gasteiger partial charge in [0.15, 0.2) is 0 Å². The van der Waals surface area contributed by atoms with Crippen LogP contribution in [0.1, 0.15) is 32.1 Å². The fraction of sp³-hybridized carbons (Fsp3) is 0.333. The predicted octanol–water partition coefficient (Wildman–Crippen LogP) is 3.91. The molecule has 1 aliphatic rings. The number of pyridine rings is 2. The molecular formula is C18H18N4O2. The molecule has 3 aromatic rings. The topological polar surface area (TPSA) is 73.9 Å². The maximum absolute atomic E-state index is 6.00. The second kappa shape index (κ2) is 6.78. The second-order valence-corrected chi connectivity index (χ2v) is 5.91. The van der Waals surface area contributed by atoms with Crippen LogP contribution in [0, 0.1) is 0 Å². The molecule has 0 spiro atoms. The summed E-state index contributed by atoms with van der Waals surface area (Å²) in [5.41, 5.74) is 1.60. The summed E-state index contributed by atoms with van der Waals surface area (Å²) in [7, 11) is 0. The molecule has 4 rings (SSSR count). The molecule has 0 N–H and O–H groups in total. The van der Waals surface area contributed by atoms with Crippen LogP contribution in [-0.4, -0.2) is 26.3 Å². The number of rotatable bonds is 4. The summed E-state index contributed by atoms with van der Waals surface area (Å²) >= 11 is 0. The monoisotopic (exact) mass is 322 g/mol. The summed E-state index contributed by atoms with van der Waals surface area (Å²) < 4.78 is 11.8. The van der Waals surface area contributed by atoms with Gasteiger partial charge in [-0.2, -0.15) is 0 Å². The molecule has 3 heterocycles. The van der Waals surface area contributed by atoms with Crippen molar-refractivity contribution in [1.29, 1.82) is 0 Å². The molecule has 0 amide bonds. The van der Waals surface area contributed by atoms with Gasteiger partial charge in [-0.25, -0.2) is 4.98 Å². The van der Waals surface area contributed by atoms with E-state index in [2.05, 4.69) is 20.2 Å². The fourth-order valence-corrected chi connectivity index (χ4v) is 2.91. The lowest BCUT2D eigenvalue weighted by Crippen LogP contribution is -2.20. The van der Waals surface area contributed by atoms with E-state index in [4.69, 9.17) is 9.15 Å². The van der Waals surface area contributed by atoms with Crippen molar-refractivity contribution in [3.05, 3.63) is 42.9 Å². The van der Waals surface area contributed by atoms with Gasteiger partial charge in [-0.15, -0.1) is 10.2 Å². The number of hydrogen-bond donors (Lipinski definition) is 0. The Morgan fingerprint density at radius 1 is 0.958 bits per heavy atom. The number of ether oxygens (including phenoxy) is 1. The minimum absolute atomic E-state index is 0.259. The van der Waals surface area contributed by atoms with Gasteiger partial charge in [0.2, 0.25) is 17.7 Å². The smallest absolute Gasteiger partial charge is 0.249 e. The Kier molecular flexibility index (Phi) is 4.18. The van der Waals surface area contributed by atoms with Crippen molar-refractivity contribution in [3.63, 3.8) is 0 Å². The zero-order valence-corrected chi connectivity index (χ0v) is 13.3. The molecule has 1 aliphatic carbocycles. The molecule has 6 heteroatoms. The molecule has 0 atom stereocenters. The maximum Gasteiger partial charge on any atom is 0.249 e. The number of nitrogens with zero attached hydrogens (tertiary/aromatic N) is 4. The lowest BCUT2D eigenvalue weighted by molar-refractivity contribution is 0.148. The van der Waals surface area contributed by atoms with Crippen LogP contribution < -0.4 is 4.74 Å². The molecule has 3 aromatic heterocycles. The molecule has 24 heavy (non-hydrogen) atoms. The minimum Gasteiger partial charge on any atom is -0.474 e. The Hall–Kier alpha value is -2.76. The molecule has 0 unspecified atom stereocenters. The molecular weight excluding hydrogens is 304 g/mol. The third kappa shape index (κ3) is 3.27. The third-order valence-corrected chi connectivity index (χ3v) is 4.15. The Bertz CT molecular complexity index is 798. The lowest BCUT2D eigenvalue weighted by Gasteiger charge is -2.22. The van der Waals surface area contributed by atoms with Crippen LogP contribution in [0.2, 0.25) is 0 Å². The second-order valence-electron chi connectivity index (χ2n) is 5.91. The van der Waals surface area contributed by atoms with Crippen LogP contribution in [-0.2, 0) is 0 Å². The van der Waals surface area contributed by atoms with Crippen molar-refractivity contribution in [2.45, 2.75) is 38.2 Å². The highest BCUT2D eigenvalue weighted by atomic mass is 16.5. The van der Waals surface area contributed by atoms with E-state index in [1.807, 2.05) is 24.3 Å². The van der Waals surface area contributed by atoms with Crippen LogP contribution in [0.15, 0.2) is 47.3 Å². The Balaban J connectivity index is 1.54. The van der Waals surface area contributed by atoms with E-state index in [0.717, 1.165) is 24.0 Å². The maximum atomic E-state index is 6.00. The SMILES string of the molecule is c1cncc(-c2nnc(-c3ccnc(OC4CCCCC4)c3)o2)c1. The quantitative estimate of drug-likeness (QED) is 0.725. The largest absolute Gasteiger partial charge is 0.474 e. The summed E-state index contributed by atoms with van der Waals surface area (Å²) in [5.74, 6) is 1.51. The molecule has 0 bridgehead atoms. The Morgan fingerprint density at radius 3 is 2.58 bits per heavy atom. The van der Waals surface area contributed by atoms with Gasteiger partial charge in [0.05, 0.1) is 5.56 Å². The highest BCUT2D eigenvalue weighted by Gasteiger charge is 2.17. The zero-order valence-electron chi connectivity index (χ0n) is 13.3. The molecule has 1 saturated carbocycles. The number of aromatic nitrogens is 4. The lowest BCUT2D eigenvalue weighted by atomic mass is 9.98. The van der Waals surface area contributed by atoms with Crippen molar-refractivity contribution in [2.75, 3.05) is 0 Å². The summed E-state index contributed by atoms with van der Waals surface area (Å²) in [6.45, 7) is 0. The molecule has 0 radical (unpaired) electrons. The number of hydrogen-bond acceptors (Lipinski definition) is 6. The predicted molar refractivity (Wildman–Crippen MR) is 88.3 cm³/mol. The van der Waals surface area contributed by atoms with Crippen LogP contribution in [0.3, 0.4) is 0 Å². The van der Waals surface area contributed by atoms with Gasteiger partial charge in [-0.1, -0.05) is 6.42 Å². The average Bonchev–Trinajstić information content (AvgIpc) is 3.14. The van der Waals surface area contributed by atoms with Crippen LogP contribution in [0.4, 0.5) is 0 Å². The first-order chi connectivity index (χ1) is 11.9. The van der Waals surface area contributed by atoms with Crippen molar-refractivity contribution in [2.24, 2.45) is 0 Å². The molecule has 122 valence electrons. The van der Waals surface area contributed by atoms with Crippen molar-refractivity contribution in [1.82, 2.24) is 20.2 Å². The van der Waals surface area contributed by atoms with Gasteiger partial charge in [0.1, 0.15) is 6.10 Å². The van der Waals surface area contributed by atoms with Gasteiger partial charge >= 0.3 is 0 Å². The summed E-state index contributed by atoms with van der Waals surface area (Å²) in [6.07, 6.45) is 11.3. The molecule has 0 saturated heterocycles. The highest BCUT2D eigenvalue weighted by molar-refractivity contribution is 5.57. The van der Waals surface area contributed by atoms with Crippen LogP contribution in [0.5, 0.6) is 5.88 Å². The van der Waals surface area contributed by atoms with Gasteiger partial charge in [-0.3, -0.25) is 4.98 Å². The molecule has 1 fully saturated rings. The van der Waals surface area contributed by atoms with Crippen LogP contribution >= 0.6 is 0 Å². The van der Waals surface area contributed by atoms with Gasteiger partial charge in [-0.05, 0) is 43.9 Å². The summed E-state index contributed by atoms with van der Waals surface area (Å²) in [5, 5.41) is 8.21. The summed E-state index contributed by atoms with van der Waals surface area (Å²) in [4.78, 5) is 8.37. The van der Waals surface area contributed by atoms with E-state index in [0.29, 0.717) is 17.7 Å². The van der Waals surface area contributed by atoms with Crippen molar-refractivity contribution in [3.8, 4) is 28.8 Å². The van der Waals surface area contributed by atoms with E-state index in [-0.39, 0.29) is 6.10 Å². The van der Waals surface area contributed by atoms with E-state index in [1.54, 1.807) is 18.6 Å². The first kappa shape index (κ1) is 14.8. The van der Waals surface area contributed by atoms with Gasteiger partial charge in [0, 0.05) is 30.2 Å². The average molecular weight is 322 g/mol. The van der Waals surface area contributed by atoms with E-state index in [1.165, 1.54) is 19.3 Å². The molecule has 0 aromatic carbocycles. The van der Waals surface area contributed by atoms with Crippen LogP contribution in [0.25, 0.3) is 22.9 Å². The normalized spacial score (nSPS) is 15.3. The molecule has 0 aliphatic heterocycles. The molecule has 6 nitrogen and oxygen atoms in total. The van der Waals surface area contributed by atoms with Crippen molar-refractivity contribution < 1.29 is 9.15 Å². The zero-order chi connectivity index (χ0) is 16.2. The third-order valence-electron chi connectivity index (χ3n) is 4.15. The highest BCUT2D eigenvalue weighted by Crippen LogP contribution is 2.27. The van der Waals surface area contributed by atoms with Gasteiger partial charge < -0.3 is 9.15 Å². The fourth-order valence-electron chi connectivity index (χ4n) is 2.91. The standard InChI is InChI=1S/C18H18N4O2/c1-2-6-15(7-3-1)23-16-11-13(8-10-20-16)17-21-22-18(24-17)14-5-4-9-19-12-14/h4-5,8-12,15H,1-3,6-7H2. The Labute approximate surface area is 139 Å². The minimum atomic E-state index is 0.259. The Morgan fingerprint density at radius 2 is 1.79 bits per heavy atom. The van der Waals surface area contributed by atoms with E-state index < -0.39 is 0 Å². The summed E-state index contributed by atoms with van der Waals surface area (Å²) in [6, 6.07) is 7.42.